The number of anilines is 1. The summed E-state index contributed by atoms with van der Waals surface area (Å²) < 4.78 is 6.02. The van der Waals surface area contributed by atoms with Crippen molar-refractivity contribution in [2.24, 2.45) is 5.73 Å². The number of hydrogen-bond acceptors (Lipinski definition) is 7. The Morgan fingerprint density at radius 3 is 2.63 bits per heavy atom. The van der Waals surface area contributed by atoms with E-state index >= 15 is 0 Å². The number of carbonyl (C=O) groups is 4. The highest BCUT2D eigenvalue weighted by Crippen LogP contribution is 2.34. The molecule has 1 atom stereocenters. The summed E-state index contributed by atoms with van der Waals surface area (Å²) in [4.78, 5) is 47.7. The van der Waals surface area contributed by atoms with Gasteiger partial charge in [0.25, 0.3) is 5.91 Å². The summed E-state index contributed by atoms with van der Waals surface area (Å²) in [5, 5.41) is 15.6. The maximum Gasteiger partial charge on any atom is 0.354 e. The lowest BCUT2D eigenvalue weighted by atomic mass is 10.1. The van der Waals surface area contributed by atoms with Gasteiger partial charge < -0.3 is 20.9 Å². The number of ether oxygens (including phenoxy) is 1. The van der Waals surface area contributed by atoms with Gasteiger partial charge in [0.05, 0.1) is 17.0 Å². The molecule has 0 fully saturated rings. The molecule has 0 bridgehead atoms. The molecule has 2 heterocycles. The highest BCUT2D eigenvalue weighted by molar-refractivity contribution is 7.18. The molecular weight excluding hydrogens is 376 g/mol. The summed E-state index contributed by atoms with van der Waals surface area (Å²) in [5.74, 6) is -3.30. The van der Waals surface area contributed by atoms with Crippen LogP contribution in [0.25, 0.3) is 0 Å². The predicted molar refractivity (Wildman–Crippen MR) is 96.1 cm³/mol. The summed E-state index contributed by atoms with van der Waals surface area (Å²) in [5.41, 5.74) is 5.50. The molecule has 0 aromatic carbocycles. The molecule has 27 heavy (non-hydrogen) atoms. The van der Waals surface area contributed by atoms with Gasteiger partial charge in [-0.15, -0.1) is 11.3 Å². The number of carboxylic acid groups (broad SMARTS) is 1. The number of aromatic carboxylic acids is 1. The molecule has 0 saturated carbocycles. The molecule has 0 aliphatic carbocycles. The number of thiophene rings is 1. The van der Waals surface area contributed by atoms with E-state index in [2.05, 4.69) is 10.4 Å². The fourth-order valence-corrected chi connectivity index (χ4v) is 3.46. The van der Waals surface area contributed by atoms with E-state index in [-0.39, 0.29) is 27.7 Å². The second-order valence-corrected chi connectivity index (χ2v) is 6.50. The third-order valence-corrected chi connectivity index (χ3v) is 4.94. The fraction of sp³-hybridized carbons (Fsp3) is 0.312. The molecular formula is C16H18N4O6S. The van der Waals surface area contributed by atoms with Crippen molar-refractivity contribution in [3.05, 3.63) is 34.0 Å². The number of nitrogens with two attached hydrogens (primary N) is 1. The Morgan fingerprint density at radius 2 is 2.07 bits per heavy atom. The normalized spacial score (nSPS) is 11.7. The second-order valence-electron chi connectivity index (χ2n) is 5.48. The zero-order valence-electron chi connectivity index (χ0n) is 14.8. The Morgan fingerprint density at radius 1 is 1.41 bits per heavy atom. The van der Waals surface area contributed by atoms with Crippen LogP contribution in [0.3, 0.4) is 0 Å². The lowest BCUT2D eigenvalue weighted by Crippen LogP contribution is -2.27. The lowest BCUT2D eigenvalue weighted by molar-refractivity contribution is -0.119. The number of primary amides is 1. The van der Waals surface area contributed by atoms with Crippen LogP contribution in [-0.2, 0) is 9.53 Å². The van der Waals surface area contributed by atoms with Gasteiger partial charge in [-0.25, -0.2) is 14.3 Å². The number of nitrogens with one attached hydrogen (secondary N) is 1. The Labute approximate surface area is 157 Å². The largest absolute Gasteiger partial charge is 0.477 e. The van der Waals surface area contributed by atoms with Gasteiger partial charge in [-0.05, 0) is 32.4 Å². The second kappa shape index (κ2) is 7.99. The Bertz CT molecular complexity index is 916. The van der Waals surface area contributed by atoms with Gasteiger partial charge in [-0.2, -0.15) is 5.10 Å². The van der Waals surface area contributed by atoms with E-state index in [9.17, 15) is 19.2 Å². The Balaban J connectivity index is 2.38. The van der Waals surface area contributed by atoms with Crippen molar-refractivity contribution >= 4 is 40.1 Å². The summed E-state index contributed by atoms with van der Waals surface area (Å²) in [6, 6.07) is 0.275. The Hall–Kier alpha value is -3.21. The van der Waals surface area contributed by atoms with Crippen molar-refractivity contribution in [1.82, 2.24) is 9.78 Å². The first-order valence-corrected chi connectivity index (χ1v) is 8.68. The lowest BCUT2D eigenvalue weighted by Gasteiger charge is -2.14. The maximum atomic E-state index is 12.6. The summed E-state index contributed by atoms with van der Waals surface area (Å²) in [6.07, 6.45) is 1.26. The van der Waals surface area contributed by atoms with Gasteiger partial charge in [0.1, 0.15) is 16.7 Å². The zero-order valence-corrected chi connectivity index (χ0v) is 15.6. The minimum Gasteiger partial charge on any atom is -0.477 e. The van der Waals surface area contributed by atoms with Crippen molar-refractivity contribution in [3.63, 3.8) is 0 Å². The van der Waals surface area contributed by atoms with Crippen molar-refractivity contribution in [2.45, 2.75) is 26.8 Å². The highest BCUT2D eigenvalue weighted by Gasteiger charge is 2.28. The minimum atomic E-state index is -1.23. The number of carboxylic acids is 1. The summed E-state index contributed by atoms with van der Waals surface area (Å²) >= 11 is 0.849. The predicted octanol–water partition coefficient (Wildman–Crippen LogP) is 1.43. The Kier molecular flexibility index (Phi) is 5.95. The molecule has 2 rings (SSSR count). The molecule has 4 N–H and O–H groups in total. The van der Waals surface area contributed by atoms with E-state index in [4.69, 9.17) is 15.6 Å². The van der Waals surface area contributed by atoms with E-state index in [1.54, 1.807) is 6.92 Å². The van der Waals surface area contributed by atoms with Crippen LogP contribution in [0.2, 0.25) is 0 Å². The van der Waals surface area contributed by atoms with Crippen LogP contribution in [-0.4, -0.2) is 45.2 Å². The average Bonchev–Trinajstić information content (AvgIpc) is 3.19. The molecule has 0 radical (unpaired) electrons. The number of carbonyl (C=O) groups excluding carboxylic acids is 3. The molecule has 11 heteroatoms. The molecule has 0 aliphatic heterocycles. The third-order valence-electron chi connectivity index (χ3n) is 3.72. The summed E-state index contributed by atoms with van der Waals surface area (Å²) in [6.45, 7) is 4.71. The van der Waals surface area contributed by atoms with E-state index in [0.29, 0.717) is 5.56 Å². The smallest absolute Gasteiger partial charge is 0.354 e. The topological polar surface area (TPSA) is 154 Å². The average molecular weight is 394 g/mol. The number of nitrogens with zero attached hydrogens (tertiary/aromatic N) is 2. The SMILES string of the molecule is CCOC(=O)c1c(NC(=O)C(C)n2nccc2C(=O)O)sc(C(N)=O)c1C. The molecule has 144 valence electrons. The van der Waals surface area contributed by atoms with Crippen molar-refractivity contribution < 1.29 is 29.0 Å². The van der Waals surface area contributed by atoms with E-state index in [1.807, 2.05) is 0 Å². The molecule has 10 nitrogen and oxygen atoms in total. The first-order chi connectivity index (χ1) is 12.7. The molecule has 1 unspecified atom stereocenters. The van der Waals surface area contributed by atoms with Gasteiger partial charge in [0.15, 0.2) is 0 Å². The standard InChI is InChI=1S/C16H18N4O6S/c1-4-26-16(25)10-7(2)11(12(17)21)27-14(10)19-13(22)8(3)20-9(15(23)24)5-6-18-20/h5-6,8H,4H2,1-3H3,(H2,17,21)(H,19,22)(H,23,24). The molecule has 2 amide bonds. The van der Waals surface area contributed by atoms with Gasteiger partial charge in [-0.3, -0.25) is 9.59 Å². The number of aromatic nitrogens is 2. The molecule has 2 aromatic rings. The maximum absolute atomic E-state index is 12.6. The van der Waals surface area contributed by atoms with Crippen LogP contribution >= 0.6 is 11.3 Å². The fourth-order valence-electron chi connectivity index (χ4n) is 2.41. The monoisotopic (exact) mass is 394 g/mol. The third kappa shape index (κ3) is 3.97. The van der Waals surface area contributed by atoms with Gasteiger partial charge in [0, 0.05) is 6.20 Å². The molecule has 0 aliphatic rings. The highest BCUT2D eigenvalue weighted by atomic mass is 32.1. The number of amides is 2. The van der Waals surface area contributed by atoms with Crippen molar-refractivity contribution in [2.75, 3.05) is 11.9 Å². The zero-order chi connectivity index (χ0) is 20.3. The molecule has 2 aromatic heterocycles. The van der Waals surface area contributed by atoms with Crippen LogP contribution in [0, 0.1) is 6.92 Å². The van der Waals surface area contributed by atoms with Gasteiger partial charge in [0.2, 0.25) is 5.91 Å². The number of esters is 1. The van der Waals surface area contributed by atoms with Crippen LogP contribution in [0.15, 0.2) is 12.3 Å². The van der Waals surface area contributed by atoms with E-state index < -0.39 is 29.8 Å². The minimum absolute atomic E-state index is 0.0372. The van der Waals surface area contributed by atoms with Crippen LogP contribution in [0.4, 0.5) is 5.00 Å². The van der Waals surface area contributed by atoms with Gasteiger partial charge >= 0.3 is 11.9 Å². The summed E-state index contributed by atoms with van der Waals surface area (Å²) in [7, 11) is 0. The van der Waals surface area contributed by atoms with Crippen LogP contribution in [0.5, 0.6) is 0 Å². The van der Waals surface area contributed by atoms with Gasteiger partial charge in [-0.1, -0.05) is 0 Å². The van der Waals surface area contributed by atoms with Crippen LogP contribution in [0.1, 0.15) is 56.0 Å². The first-order valence-electron chi connectivity index (χ1n) is 7.86. The molecule has 0 spiro atoms. The first kappa shape index (κ1) is 20.1. The van der Waals surface area contributed by atoms with Crippen LogP contribution < -0.4 is 11.1 Å². The molecule has 0 saturated heterocycles. The van der Waals surface area contributed by atoms with Crippen molar-refractivity contribution in [1.29, 1.82) is 0 Å². The van der Waals surface area contributed by atoms with Crippen molar-refractivity contribution in [3.8, 4) is 0 Å². The number of rotatable bonds is 7. The number of hydrogen-bond donors (Lipinski definition) is 3. The van der Waals surface area contributed by atoms with E-state index in [1.165, 1.54) is 26.1 Å². The quantitative estimate of drug-likeness (QED) is 0.600. The van der Waals surface area contributed by atoms with E-state index in [0.717, 1.165) is 16.0 Å².